The predicted molar refractivity (Wildman–Crippen MR) is 62.0 cm³/mol. The van der Waals surface area contributed by atoms with Crippen LogP contribution >= 0.6 is 0 Å². The van der Waals surface area contributed by atoms with Crippen molar-refractivity contribution >= 4 is 0 Å². The third-order valence-electron chi connectivity index (χ3n) is 3.89. The van der Waals surface area contributed by atoms with E-state index < -0.39 is 0 Å². The van der Waals surface area contributed by atoms with Crippen LogP contribution in [0.15, 0.2) is 12.1 Å². The molecule has 0 amide bonds. The van der Waals surface area contributed by atoms with Crippen LogP contribution in [0.2, 0.25) is 0 Å². The Morgan fingerprint density at radius 3 is 2.65 bits per heavy atom. The SMILES string of the molecule is NCC1(c2c(F)ccc3c2OCCO3)CCC1. The quantitative estimate of drug-likeness (QED) is 0.855. The van der Waals surface area contributed by atoms with Gasteiger partial charge in [-0.15, -0.1) is 0 Å². The van der Waals surface area contributed by atoms with Gasteiger partial charge in [-0.2, -0.15) is 0 Å². The molecular weight excluding hydrogens is 221 g/mol. The lowest BCUT2D eigenvalue weighted by molar-refractivity contribution is 0.157. The van der Waals surface area contributed by atoms with Gasteiger partial charge in [0.15, 0.2) is 11.5 Å². The molecule has 0 aromatic heterocycles. The molecule has 2 N–H and O–H groups in total. The van der Waals surface area contributed by atoms with Gasteiger partial charge >= 0.3 is 0 Å². The van der Waals surface area contributed by atoms with Crippen LogP contribution in [0.25, 0.3) is 0 Å². The number of fused-ring (bicyclic) bond motifs is 1. The fourth-order valence-electron chi connectivity index (χ4n) is 2.75. The van der Waals surface area contributed by atoms with Crippen molar-refractivity contribution in [2.24, 2.45) is 5.73 Å². The first-order chi connectivity index (χ1) is 8.27. The first kappa shape index (κ1) is 10.8. The highest BCUT2D eigenvalue weighted by atomic mass is 19.1. The molecular formula is C13H16FNO2. The standard InChI is InChI=1S/C13H16FNO2/c14-9-2-3-10-12(17-7-6-16-10)11(9)13(8-15)4-1-5-13/h2-3H,1,4-8,15H2. The van der Waals surface area contributed by atoms with E-state index >= 15 is 0 Å². The van der Waals surface area contributed by atoms with Crippen LogP contribution < -0.4 is 15.2 Å². The van der Waals surface area contributed by atoms with Gasteiger partial charge in [0.2, 0.25) is 0 Å². The maximum Gasteiger partial charge on any atom is 0.168 e. The first-order valence-corrected chi connectivity index (χ1v) is 6.05. The van der Waals surface area contributed by atoms with Crippen LogP contribution in [0.4, 0.5) is 4.39 Å². The van der Waals surface area contributed by atoms with E-state index in [1.165, 1.54) is 6.07 Å². The Hall–Kier alpha value is -1.29. The average Bonchev–Trinajstić information content (AvgIpc) is 2.31. The molecule has 0 bridgehead atoms. The number of ether oxygens (including phenoxy) is 2. The Kier molecular flexibility index (Phi) is 2.47. The van der Waals surface area contributed by atoms with Gasteiger partial charge < -0.3 is 15.2 Å². The molecule has 0 saturated heterocycles. The van der Waals surface area contributed by atoms with Crippen molar-refractivity contribution in [1.82, 2.24) is 0 Å². The zero-order chi connectivity index (χ0) is 11.9. The van der Waals surface area contributed by atoms with E-state index in [0.29, 0.717) is 36.8 Å². The minimum Gasteiger partial charge on any atom is -0.486 e. The van der Waals surface area contributed by atoms with E-state index in [1.807, 2.05) is 0 Å². The molecule has 1 aliphatic carbocycles. The van der Waals surface area contributed by atoms with Gasteiger partial charge in [-0.1, -0.05) is 6.42 Å². The van der Waals surface area contributed by atoms with Gasteiger partial charge in [0.05, 0.1) is 0 Å². The summed E-state index contributed by atoms with van der Waals surface area (Å²) in [6.07, 6.45) is 2.96. The summed E-state index contributed by atoms with van der Waals surface area (Å²) in [7, 11) is 0. The second kappa shape index (κ2) is 3.88. The molecule has 1 heterocycles. The first-order valence-electron chi connectivity index (χ1n) is 6.05. The molecule has 1 aromatic rings. The lowest BCUT2D eigenvalue weighted by atomic mass is 9.64. The minimum absolute atomic E-state index is 0.223. The smallest absolute Gasteiger partial charge is 0.168 e. The van der Waals surface area contributed by atoms with E-state index in [0.717, 1.165) is 19.3 Å². The Bertz CT molecular complexity index is 438. The fourth-order valence-corrected chi connectivity index (χ4v) is 2.75. The predicted octanol–water partition coefficient (Wildman–Crippen LogP) is 1.98. The summed E-state index contributed by atoms with van der Waals surface area (Å²) < 4.78 is 25.2. The number of hydrogen-bond donors (Lipinski definition) is 1. The molecule has 1 fully saturated rings. The Labute approximate surface area is 99.7 Å². The molecule has 1 aromatic carbocycles. The lowest BCUT2D eigenvalue weighted by Crippen LogP contribution is -2.43. The Balaban J connectivity index is 2.14. The van der Waals surface area contributed by atoms with Crippen molar-refractivity contribution in [2.75, 3.05) is 19.8 Å². The van der Waals surface area contributed by atoms with Crippen LogP contribution in [-0.4, -0.2) is 19.8 Å². The van der Waals surface area contributed by atoms with Crippen LogP contribution in [-0.2, 0) is 5.41 Å². The van der Waals surface area contributed by atoms with Crippen LogP contribution in [0.1, 0.15) is 24.8 Å². The van der Waals surface area contributed by atoms with E-state index in [-0.39, 0.29) is 11.2 Å². The fraction of sp³-hybridized carbons (Fsp3) is 0.538. The van der Waals surface area contributed by atoms with Crippen LogP contribution in [0.3, 0.4) is 0 Å². The molecule has 0 spiro atoms. The molecule has 92 valence electrons. The third kappa shape index (κ3) is 1.51. The molecule has 2 aliphatic rings. The minimum atomic E-state index is -0.240. The van der Waals surface area contributed by atoms with Crippen molar-refractivity contribution in [3.63, 3.8) is 0 Å². The summed E-state index contributed by atoms with van der Waals surface area (Å²) in [5.74, 6) is 0.994. The van der Waals surface area contributed by atoms with Gasteiger partial charge in [0.1, 0.15) is 19.0 Å². The Morgan fingerprint density at radius 2 is 2.00 bits per heavy atom. The Morgan fingerprint density at radius 1 is 1.24 bits per heavy atom. The van der Waals surface area contributed by atoms with Crippen molar-refractivity contribution < 1.29 is 13.9 Å². The highest BCUT2D eigenvalue weighted by Crippen LogP contribution is 2.50. The molecule has 3 nitrogen and oxygen atoms in total. The highest BCUT2D eigenvalue weighted by Gasteiger charge is 2.43. The largest absolute Gasteiger partial charge is 0.486 e. The number of hydrogen-bond acceptors (Lipinski definition) is 3. The van der Waals surface area contributed by atoms with Gasteiger partial charge in [0.25, 0.3) is 0 Å². The third-order valence-corrected chi connectivity index (χ3v) is 3.89. The zero-order valence-electron chi connectivity index (χ0n) is 9.67. The van der Waals surface area contributed by atoms with Gasteiger partial charge in [-0.05, 0) is 25.0 Å². The zero-order valence-corrected chi connectivity index (χ0v) is 9.67. The van der Waals surface area contributed by atoms with Crippen molar-refractivity contribution in [1.29, 1.82) is 0 Å². The maximum absolute atomic E-state index is 14.1. The number of nitrogens with two attached hydrogens (primary N) is 1. The molecule has 0 unspecified atom stereocenters. The topological polar surface area (TPSA) is 44.5 Å². The number of rotatable bonds is 2. The lowest BCUT2D eigenvalue weighted by Gasteiger charge is -2.42. The molecule has 17 heavy (non-hydrogen) atoms. The van der Waals surface area contributed by atoms with E-state index in [1.54, 1.807) is 6.07 Å². The van der Waals surface area contributed by atoms with Gasteiger partial charge in [0, 0.05) is 17.5 Å². The van der Waals surface area contributed by atoms with Crippen molar-refractivity contribution in [3.8, 4) is 11.5 Å². The van der Waals surface area contributed by atoms with Crippen molar-refractivity contribution in [2.45, 2.75) is 24.7 Å². The molecule has 0 atom stereocenters. The normalized spacial score (nSPS) is 20.8. The summed E-state index contributed by atoms with van der Waals surface area (Å²) >= 11 is 0. The van der Waals surface area contributed by atoms with E-state index in [2.05, 4.69) is 0 Å². The molecule has 1 saturated carbocycles. The second-order valence-corrected chi connectivity index (χ2v) is 4.78. The van der Waals surface area contributed by atoms with E-state index in [9.17, 15) is 4.39 Å². The van der Waals surface area contributed by atoms with E-state index in [4.69, 9.17) is 15.2 Å². The summed E-state index contributed by atoms with van der Waals surface area (Å²) in [4.78, 5) is 0. The molecule has 0 radical (unpaired) electrons. The van der Waals surface area contributed by atoms with Crippen LogP contribution in [0.5, 0.6) is 11.5 Å². The van der Waals surface area contributed by atoms with Crippen molar-refractivity contribution in [3.05, 3.63) is 23.5 Å². The summed E-state index contributed by atoms with van der Waals surface area (Å²) in [5.41, 5.74) is 6.23. The maximum atomic E-state index is 14.1. The molecule has 1 aliphatic heterocycles. The summed E-state index contributed by atoms with van der Waals surface area (Å²) in [5, 5.41) is 0. The molecule has 4 heteroatoms. The van der Waals surface area contributed by atoms with Gasteiger partial charge in [-0.3, -0.25) is 0 Å². The summed E-state index contributed by atoms with van der Waals surface area (Å²) in [6, 6.07) is 3.09. The number of benzene rings is 1. The van der Waals surface area contributed by atoms with Crippen LogP contribution in [0, 0.1) is 5.82 Å². The molecule has 3 rings (SSSR count). The summed E-state index contributed by atoms with van der Waals surface area (Å²) in [6.45, 7) is 1.46. The monoisotopic (exact) mass is 237 g/mol. The number of halogens is 1. The highest BCUT2D eigenvalue weighted by molar-refractivity contribution is 5.52. The second-order valence-electron chi connectivity index (χ2n) is 4.78. The van der Waals surface area contributed by atoms with Gasteiger partial charge in [-0.25, -0.2) is 4.39 Å². The average molecular weight is 237 g/mol.